The Morgan fingerprint density at radius 3 is 2.62 bits per heavy atom. The van der Waals surface area contributed by atoms with Crippen LogP contribution in [0.3, 0.4) is 0 Å². The Balaban J connectivity index is 2.01. The lowest BCUT2D eigenvalue weighted by molar-refractivity contribution is -0.0750. The molecule has 0 aromatic heterocycles. The molecule has 94 valence electrons. The van der Waals surface area contributed by atoms with Gasteiger partial charge in [-0.3, -0.25) is 0 Å². The number of aliphatic hydroxyl groups is 1. The number of nitrogens with zero attached hydrogens (tertiary/aromatic N) is 1. The van der Waals surface area contributed by atoms with E-state index >= 15 is 0 Å². The minimum Gasteiger partial charge on any atom is -0.394 e. The fourth-order valence-corrected chi connectivity index (χ4v) is 3.99. The van der Waals surface area contributed by atoms with Crippen molar-refractivity contribution in [1.29, 1.82) is 0 Å². The number of sulfonamides is 1. The first kappa shape index (κ1) is 12.3. The molecule has 2 atom stereocenters. The SMILES string of the molecule is CC1CN(S(=O)(=O)CC2CC2)CC(CO)O1. The van der Waals surface area contributed by atoms with E-state index in [1.807, 2.05) is 6.92 Å². The summed E-state index contributed by atoms with van der Waals surface area (Å²) in [6.45, 7) is 2.41. The van der Waals surface area contributed by atoms with Crippen molar-refractivity contribution >= 4 is 10.0 Å². The van der Waals surface area contributed by atoms with Crippen LogP contribution in [0.1, 0.15) is 19.8 Å². The molecule has 0 aromatic rings. The van der Waals surface area contributed by atoms with Gasteiger partial charge in [-0.1, -0.05) is 0 Å². The second kappa shape index (κ2) is 4.60. The van der Waals surface area contributed by atoms with Crippen molar-refractivity contribution in [3.8, 4) is 0 Å². The Morgan fingerprint density at radius 1 is 1.38 bits per heavy atom. The van der Waals surface area contributed by atoms with Gasteiger partial charge in [0.25, 0.3) is 0 Å². The molecule has 2 aliphatic rings. The molecular weight excluding hydrogens is 230 g/mol. The van der Waals surface area contributed by atoms with Crippen LogP contribution in [0, 0.1) is 5.92 Å². The molecule has 1 aliphatic carbocycles. The summed E-state index contributed by atoms with van der Waals surface area (Å²) in [5, 5.41) is 9.04. The van der Waals surface area contributed by atoms with Gasteiger partial charge >= 0.3 is 0 Å². The Kier molecular flexibility index (Phi) is 3.53. The average molecular weight is 249 g/mol. The number of ether oxygens (including phenoxy) is 1. The van der Waals surface area contributed by atoms with Crippen molar-refractivity contribution in [3.63, 3.8) is 0 Å². The summed E-state index contributed by atoms with van der Waals surface area (Å²) in [6.07, 6.45) is 1.54. The maximum absolute atomic E-state index is 12.0. The van der Waals surface area contributed by atoms with Crippen LogP contribution in [-0.2, 0) is 14.8 Å². The predicted octanol–water partition coefficient (Wildman–Crippen LogP) is -0.192. The molecule has 1 heterocycles. The molecule has 0 spiro atoms. The summed E-state index contributed by atoms with van der Waals surface area (Å²) in [6, 6.07) is 0. The molecule has 6 heteroatoms. The molecule has 0 bridgehead atoms. The van der Waals surface area contributed by atoms with Gasteiger partial charge in [0.15, 0.2) is 0 Å². The van der Waals surface area contributed by atoms with Gasteiger partial charge in [0.2, 0.25) is 10.0 Å². The van der Waals surface area contributed by atoms with Crippen LogP contribution in [0.15, 0.2) is 0 Å². The minimum absolute atomic E-state index is 0.125. The van der Waals surface area contributed by atoms with E-state index in [0.717, 1.165) is 12.8 Å². The van der Waals surface area contributed by atoms with Crippen molar-refractivity contribution in [1.82, 2.24) is 4.31 Å². The first-order valence-electron chi connectivity index (χ1n) is 5.75. The second-order valence-corrected chi connectivity index (χ2v) is 6.80. The van der Waals surface area contributed by atoms with Crippen LogP contribution in [-0.4, -0.2) is 55.5 Å². The van der Waals surface area contributed by atoms with Gasteiger partial charge in [-0.15, -0.1) is 0 Å². The third-order valence-corrected chi connectivity index (χ3v) is 5.01. The third-order valence-electron chi connectivity index (χ3n) is 3.03. The predicted molar refractivity (Wildman–Crippen MR) is 59.5 cm³/mol. The molecule has 2 unspecified atom stereocenters. The summed E-state index contributed by atoms with van der Waals surface area (Å²) < 4.78 is 31.0. The van der Waals surface area contributed by atoms with E-state index in [1.165, 1.54) is 4.31 Å². The zero-order valence-corrected chi connectivity index (χ0v) is 10.3. The highest BCUT2D eigenvalue weighted by Crippen LogP contribution is 2.31. The molecular formula is C10H19NO4S. The smallest absolute Gasteiger partial charge is 0.214 e. The van der Waals surface area contributed by atoms with Crippen molar-refractivity contribution in [3.05, 3.63) is 0 Å². The van der Waals surface area contributed by atoms with Gasteiger partial charge in [0, 0.05) is 13.1 Å². The van der Waals surface area contributed by atoms with Gasteiger partial charge in [0.05, 0.1) is 24.6 Å². The topological polar surface area (TPSA) is 66.8 Å². The first-order valence-corrected chi connectivity index (χ1v) is 7.36. The summed E-state index contributed by atoms with van der Waals surface area (Å²) in [4.78, 5) is 0. The Labute approximate surface area is 96.4 Å². The molecule has 1 saturated carbocycles. The highest BCUT2D eigenvalue weighted by molar-refractivity contribution is 7.89. The lowest BCUT2D eigenvalue weighted by Crippen LogP contribution is -2.51. The van der Waals surface area contributed by atoms with Gasteiger partial charge < -0.3 is 9.84 Å². The van der Waals surface area contributed by atoms with Crippen molar-refractivity contribution in [2.45, 2.75) is 32.0 Å². The highest BCUT2D eigenvalue weighted by Gasteiger charge is 2.36. The Hall–Kier alpha value is -0.170. The molecule has 16 heavy (non-hydrogen) atoms. The second-order valence-electron chi connectivity index (χ2n) is 4.79. The van der Waals surface area contributed by atoms with E-state index in [9.17, 15) is 8.42 Å². The number of hydrogen-bond donors (Lipinski definition) is 1. The highest BCUT2D eigenvalue weighted by atomic mass is 32.2. The van der Waals surface area contributed by atoms with Gasteiger partial charge in [0.1, 0.15) is 0 Å². The van der Waals surface area contributed by atoms with E-state index in [-0.39, 0.29) is 31.1 Å². The average Bonchev–Trinajstić information content (AvgIpc) is 3.00. The quantitative estimate of drug-likeness (QED) is 0.750. The third kappa shape index (κ3) is 2.94. The zero-order valence-electron chi connectivity index (χ0n) is 9.50. The van der Waals surface area contributed by atoms with E-state index in [0.29, 0.717) is 12.5 Å². The number of rotatable bonds is 4. The molecule has 2 fully saturated rings. The Morgan fingerprint density at radius 2 is 2.06 bits per heavy atom. The molecule has 2 rings (SSSR count). The van der Waals surface area contributed by atoms with Gasteiger partial charge in [-0.2, -0.15) is 4.31 Å². The molecule has 0 aromatic carbocycles. The molecule has 1 saturated heterocycles. The lowest BCUT2D eigenvalue weighted by Gasteiger charge is -2.35. The molecule has 1 aliphatic heterocycles. The lowest BCUT2D eigenvalue weighted by atomic mass is 10.2. The molecule has 0 radical (unpaired) electrons. The van der Waals surface area contributed by atoms with Crippen LogP contribution in [0.2, 0.25) is 0 Å². The van der Waals surface area contributed by atoms with Crippen LogP contribution >= 0.6 is 0 Å². The normalized spacial score (nSPS) is 32.9. The summed E-state index contributed by atoms with van der Waals surface area (Å²) in [7, 11) is -3.15. The van der Waals surface area contributed by atoms with Crippen LogP contribution in [0.4, 0.5) is 0 Å². The number of morpholine rings is 1. The summed E-state index contributed by atoms with van der Waals surface area (Å²) in [5.74, 6) is 0.619. The van der Waals surface area contributed by atoms with Gasteiger partial charge in [-0.05, 0) is 25.7 Å². The van der Waals surface area contributed by atoms with Crippen molar-refractivity contribution in [2.75, 3.05) is 25.4 Å². The van der Waals surface area contributed by atoms with Crippen LogP contribution in [0.5, 0.6) is 0 Å². The van der Waals surface area contributed by atoms with Crippen molar-refractivity contribution < 1.29 is 18.3 Å². The number of hydrogen-bond acceptors (Lipinski definition) is 4. The van der Waals surface area contributed by atoms with E-state index in [2.05, 4.69) is 0 Å². The standard InChI is InChI=1S/C10H19NO4S/c1-8-4-11(5-10(6-12)15-8)16(13,14)7-9-2-3-9/h8-10,12H,2-7H2,1H3. The zero-order chi connectivity index (χ0) is 11.8. The number of aliphatic hydroxyl groups excluding tert-OH is 1. The monoisotopic (exact) mass is 249 g/mol. The van der Waals surface area contributed by atoms with E-state index in [1.54, 1.807) is 0 Å². The summed E-state index contributed by atoms with van der Waals surface area (Å²) in [5.41, 5.74) is 0. The van der Waals surface area contributed by atoms with Crippen LogP contribution in [0.25, 0.3) is 0 Å². The summed E-state index contributed by atoms with van der Waals surface area (Å²) >= 11 is 0. The van der Waals surface area contributed by atoms with E-state index in [4.69, 9.17) is 9.84 Å². The molecule has 0 amide bonds. The Bertz CT molecular complexity index is 339. The fourth-order valence-electron chi connectivity index (χ4n) is 2.02. The van der Waals surface area contributed by atoms with Gasteiger partial charge in [-0.25, -0.2) is 8.42 Å². The first-order chi connectivity index (χ1) is 7.51. The fraction of sp³-hybridized carbons (Fsp3) is 1.00. The maximum atomic E-state index is 12.0. The molecule has 5 nitrogen and oxygen atoms in total. The van der Waals surface area contributed by atoms with E-state index < -0.39 is 10.0 Å². The molecule has 1 N–H and O–H groups in total. The maximum Gasteiger partial charge on any atom is 0.214 e. The largest absolute Gasteiger partial charge is 0.394 e. The van der Waals surface area contributed by atoms with Crippen molar-refractivity contribution in [2.24, 2.45) is 5.92 Å². The van der Waals surface area contributed by atoms with Crippen LogP contribution < -0.4 is 0 Å². The minimum atomic E-state index is -3.15.